The number of hydrogen-bond donors (Lipinski definition) is 1. The first kappa shape index (κ1) is 16.3. The summed E-state index contributed by atoms with van der Waals surface area (Å²) in [5.41, 5.74) is 3.22. The van der Waals surface area contributed by atoms with E-state index in [1.54, 1.807) is 0 Å². The molecule has 0 radical (unpaired) electrons. The highest BCUT2D eigenvalue weighted by Crippen LogP contribution is 2.29. The molecule has 2 aromatic rings. The second-order valence-corrected chi connectivity index (χ2v) is 6.90. The van der Waals surface area contributed by atoms with Gasteiger partial charge in [-0.3, -0.25) is 4.68 Å². The maximum atomic E-state index is 4.53. The van der Waals surface area contributed by atoms with Crippen molar-refractivity contribution in [3.8, 4) is 0 Å². The predicted octanol–water partition coefficient (Wildman–Crippen LogP) is 3.29. The molecule has 0 aliphatic rings. The monoisotopic (exact) mass is 306 g/mol. The molecule has 0 saturated carbocycles. The molecule has 0 unspecified atom stereocenters. The lowest BCUT2D eigenvalue weighted by Gasteiger charge is -2.30. The second kappa shape index (κ2) is 6.79. The average Bonchev–Trinajstić information content (AvgIpc) is 2.79. The molecule has 2 heterocycles. The van der Waals surface area contributed by atoms with Crippen LogP contribution in [0, 0.1) is 6.92 Å². The summed E-state index contributed by atoms with van der Waals surface area (Å²) in [5.74, 6) is 0. The summed E-state index contributed by atoms with van der Waals surface area (Å²) < 4.78 is 2.19. The van der Waals surface area contributed by atoms with Gasteiger partial charge in [-0.25, -0.2) is 4.98 Å². The van der Waals surface area contributed by atoms with Crippen LogP contribution in [0.4, 0.5) is 0 Å². The first-order valence-corrected chi connectivity index (χ1v) is 8.81. The van der Waals surface area contributed by atoms with Crippen LogP contribution in [0.3, 0.4) is 0 Å². The number of nitrogens with zero attached hydrogens (tertiary/aromatic N) is 3. The minimum Gasteiger partial charge on any atom is -0.311 e. The van der Waals surface area contributed by atoms with Crippen LogP contribution in [0.1, 0.15) is 37.9 Å². The van der Waals surface area contributed by atoms with Crippen molar-refractivity contribution >= 4 is 22.8 Å². The van der Waals surface area contributed by atoms with Crippen LogP contribution in [-0.4, -0.2) is 32.3 Å². The molecule has 0 spiro atoms. The van der Waals surface area contributed by atoms with Crippen molar-refractivity contribution in [3.63, 3.8) is 0 Å². The van der Waals surface area contributed by atoms with Gasteiger partial charge in [-0.1, -0.05) is 13.8 Å². The number of thioether (sulfide) groups is 1. The molecule has 0 fully saturated rings. The van der Waals surface area contributed by atoms with Gasteiger partial charge in [0.05, 0.1) is 5.69 Å². The zero-order valence-corrected chi connectivity index (χ0v) is 14.5. The number of hydrogen-bond acceptors (Lipinski definition) is 4. The Labute approximate surface area is 131 Å². The molecule has 0 bridgehead atoms. The average molecular weight is 306 g/mol. The van der Waals surface area contributed by atoms with Gasteiger partial charge in [0.25, 0.3) is 0 Å². The fourth-order valence-electron chi connectivity index (χ4n) is 2.74. The molecule has 4 nitrogen and oxygen atoms in total. The van der Waals surface area contributed by atoms with E-state index in [-0.39, 0.29) is 0 Å². The normalized spacial score (nSPS) is 12.2. The van der Waals surface area contributed by atoms with E-state index in [4.69, 9.17) is 0 Å². The molecule has 2 rings (SSSR count). The Bertz CT molecular complexity index is 593. The van der Waals surface area contributed by atoms with Crippen molar-refractivity contribution in [1.82, 2.24) is 20.1 Å². The first-order valence-electron chi connectivity index (χ1n) is 7.59. The molecule has 21 heavy (non-hydrogen) atoms. The summed E-state index contributed by atoms with van der Waals surface area (Å²) >= 11 is 1.97. The van der Waals surface area contributed by atoms with E-state index < -0.39 is 0 Å². The smallest absolute Gasteiger partial charge is 0.157 e. The van der Waals surface area contributed by atoms with Gasteiger partial charge in [-0.15, -0.1) is 0 Å². The largest absolute Gasteiger partial charge is 0.311 e. The summed E-state index contributed by atoms with van der Waals surface area (Å²) in [5, 5.41) is 9.17. The Morgan fingerprint density at radius 3 is 2.67 bits per heavy atom. The number of nitrogens with one attached hydrogen (secondary N) is 1. The van der Waals surface area contributed by atoms with Crippen molar-refractivity contribution in [2.75, 3.05) is 12.8 Å². The third kappa shape index (κ3) is 3.40. The molecule has 2 aromatic heterocycles. The quantitative estimate of drug-likeness (QED) is 0.852. The first-order chi connectivity index (χ1) is 10.0. The van der Waals surface area contributed by atoms with Crippen LogP contribution in [0.25, 0.3) is 11.0 Å². The van der Waals surface area contributed by atoms with Gasteiger partial charge in [-0.2, -0.15) is 16.9 Å². The van der Waals surface area contributed by atoms with Gasteiger partial charge < -0.3 is 5.32 Å². The standard InChI is InChI=1S/C16H26N4S/c1-6-16(7-2,21-5)11-17-9-13-8-14-12(3)19-20(4)15(14)18-10-13/h8,10,17H,6-7,9,11H2,1-5H3. The Morgan fingerprint density at radius 2 is 2.05 bits per heavy atom. The van der Waals surface area contributed by atoms with Gasteiger partial charge in [0.15, 0.2) is 5.65 Å². The molecular formula is C16H26N4S. The number of pyridine rings is 1. The third-order valence-electron chi connectivity index (χ3n) is 4.42. The molecule has 0 aromatic carbocycles. The van der Waals surface area contributed by atoms with E-state index in [9.17, 15) is 0 Å². The minimum atomic E-state index is 0.349. The molecular weight excluding hydrogens is 280 g/mol. The van der Waals surface area contributed by atoms with Crippen LogP contribution in [-0.2, 0) is 13.6 Å². The third-order valence-corrected chi connectivity index (χ3v) is 6.01. The van der Waals surface area contributed by atoms with E-state index in [0.717, 1.165) is 29.8 Å². The van der Waals surface area contributed by atoms with Gasteiger partial charge >= 0.3 is 0 Å². The fourth-order valence-corrected chi connectivity index (χ4v) is 3.57. The summed E-state index contributed by atoms with van der Waals surface area (Å²) in [6, 6.07) is 2.20. The van der Waals surface area contributed by atoms with Crippen LogP contribution < -0.4 is 5.32 Å². The van der Waals surface area contributed by atoms with E-state index in [1.807, 2.05) is 36.6 Å². The molecule has 0 atom stereocenters. The molecule has 0 saturated heterocycles. The number of fused-ring (bicyclic) bond motifs is 1. The van der Waals surface area contributed by atoms with Crippen molar-refractivity contribution < 1.29 is 0 Å². The summed E-state index contributed by atoms with van der Waals surface area (Å²) in [7, 11) is 1.94. The maximum absolute atomic E-state index is 4.53. The second-order valence-electron chi connectivity index (χ2n) is 5.62. The lowest BCUT2D eigenvalue weighted by molar-refractivity contribution is 0.495. The molecule has 0 aliphatic heterocycles. The summed E-state index contributed by atoms with van der Waals surface area (Å²) in [4.78, 5) is 4.53. The van der Waals surface area contributed by atoms with Crippen molar-refractivity contribution in [1.29, 1.82) is 0 Å². The molecule has 0 amide bonds. The van der Waals surface area contributed by atoms with E-state index in [1.165, 1.54) is 18.4 Å². The van der Waals surface area contributed by atoms with Crippen LogP contribution in [0.2, 0.25) is 0 Å². The molecule has 5 heteroatoms. The highest BCUT2D eigenvalue weighted by atomic mass is 32.2. The number of aromatic nitrogens is 3. The van der Waals surface area contributed by atoms with Crippen molar-refractivity contribution in [2.24, 2.45) is 7.05 Å². The van der Waals surface area contributed by atoms with Gasteiger partial charge in [0.2, 0.25) is 0 Å². The summed E-state index contributed by atoms with van der Waals surface area (Å²) in [6.07, 6.45) is 6.55. The maximum Gasteiger partial charge on any atom is 0.157 e. The SMILES string of the molecule is CCC(CC)(CNCc1cnc2c(c1)c(C)nn2C)SC. The highest BCUT2D eigenvalue weighted by Gasteiger charge is 2.24. The van der Waals surface area contributed by atoms with E-state index in [0.29, 0.717) is 4.75 Å². The van der Waals surface area contributed by atoms with E-state index >= 15 is 0 Å². The Balaban J connectivity index is 2.05. The zero-order valence-electron chi connectivity index (χ0n) is 13.7. The zero-order chi connectivity index (χ0) is 15.5. The van der Waals surface area contributed by atoms with Gasteiger partial charge in [-0.05, 0) is 37.7 Å². The Morgan fingerprint density at radius 1 is 1.33 bits per heavy atom. The highest BCUT2D eigenvalue weighted by molar-refractivity contribution is 8.00. The Kier molecular flexibility index (Phi) is 5.27. The van der Waals surface area contributed by atoms with Crippen LogP contribution in [0.15, 0.2) is 12.3 Å². The predicted molar refractivity (Wildman–Crippen MR) is 91.8 cm³/mol. The Hall–Kier alpha value is -1.07. The molecule has 1 N–H and O–H groups in total. The minimum absolute atomic E-state index is 0.349. The lowest BCUT2D eigenvalue weighted by atomic mass is 10.0. The summed E-state index contributed by atoms with van der Waals surface area (Å²) in [6.45, 7) is 8.47. The van der Waals surface area contributed by atoms with Gasteiger partial charge in [0.1, 0.15) is 0 Å². The van der Waals surface area contributed by atoms with Crippen molar-refractivity contribution in [2.45, 2.75) is 44.9 Å². The number of rotatable bonds is 7. The number of aryl methyl sites for hydroxylation is 2. The fraction of sp³-hybridized carbons (Fsp3) is 0.625. The molecule has 0 aliphatic carbocycles. The van der Waals surface area contributed by atoms with Crippen molar-refractivity contribution in [3.05, 3.63) is 23.5 Å². The molecule has 116 valence electrons. The van der Waals surface area contributed by atoms with E-state index in [2.05, 4.69) is 41.6 Å². The lowest BCUT2D eigenvalue weighted by Crippen LogP contribution is -2.36. The van der Waals surface area contributed by atoms with Gasteiger partial charge in [0, 0.05) is 36.5 Å². The van der Waals surface area contributed by atoms with Crippen LogP contribution in [0.5, 0.6) is 0 Å². The topological polar surface area (TPSA) is 42.7 Å². The van der Waals surface area contributed by atoms with Crippen LogP contribution >= 0.6 is 11.8 Å².